The van der Waals surface area contributed by atoms with E-state index in [1.165, 1.54) is 0 Å². The first-order chi connectivity index (χ1) is 8.22. The first kappa shape index (κ1) is 10.0. The van der Waals surface area contributed by atoms with Crippen LogP contribution in [0.25, 0.3) is 10.8 Å². The third kappa shape index (κ3) is 1.29. The molecule has 1 aliphatic rings. The Morgan fingerprint density at radius 2 is 1.76 bits per heavy atom. The highest BCUT2D eigenvalue weighted by molar-refractivity contribution is 6.21. The molecule has 0 amide bonds. The number of benzene rings is 2. The zero-order valence-corrected chi connectivity index (χ0v) is 9.32. The van der Waals surface area contributed by atoms with Crippen molar-refractivity contribution in [1.82, 2.24) is 0 Å². The minimum absolute atomic E-state index is 0.394. The van der Waals surface area contributed by atoms with Gasteiger partial charge in [0.25, 0.3) is 0 Å². The topological polar surface area (TPSA) is 43.4 Å². The van der Waals surface area contributed by atoms with Crippen molar-refractivity contribution in [3.8, 4) is 0 Å². The molecule has 0 spiro atoms. The molecule has 2 aromatic carbocycles. The summed E-state index contributed by atoms with van der Waals surface area (Å²) in [4.78, 5) is 23.2. The van der Waals surface area contributed by atoms with Gasteiger partial charge in [-0.2, -0.15) is 0 Å². The van der Waals surface area contributed by atoms with Crippen molar-refractivity contribution in [1.29, 1.82) is 0 Å². The molecule has 0 aliphatic carbocycles. The van der Waals surface area contributed by atoms with Crippen LogP contribution in [0.1, 0.15) is 33.2 Å². The molecule has 84 valence electrons. The maximum Gasteiger partial charge on any atom is 0.347 e. The number of hydrogen-bond donors (Lipinski definition) is 0. The lowest BCUT2D eigenvalue weighted by Crippen LogP contribution is -1.97. The van der Waals surface area contributed by atoms with E-state index in [1.807, 2.05) is 31.2 Å². The molecule has 3 nitrogen and oxygen atoms in total. The fourth-order valence-corrected chi connectivity index (χ4v) is 2.31. The predicted molar refractivity (Wildman–Crippen MR) is 63.1 cm³/mol. The molecule has 0 saturated carbocycles. The minimum atomic E-state index is -0.538. The highest BCUT2D eigenvalue weighted by Crippen LogP contribution is 2.31. The average Bonchev–Trinajstić information content (AvgIpc) is 2.64. The lowest BCUT2D eigenvalue weighted by atomic mass is 9.94. The third-order valence-electron chi connectivity index (χ3n) is 3.12. The van der Waals surface area contributed by atoms with E-state index in [-0.39, 0.29) is 0 Å². The van der Waals surface area contributed by atoms with Crippen LogP contribution in [0.2, 0.25) is 0 Å². The maximum absolute atomic E-state index is 11.6. The summed E-state index contributed by atoms with van der Waals surface area (Å²) in [5.74, 6) is -1.07. The first-order valence-corrected chi connectivity index (χ1v) is 5.53. The number of hydrogen-bond acceptors (Lipinski definition) is 3. The van der Waals surface area contributed by atoms with Crippen LogP contribution in [0.4, 0.5) is 0 Å². The fraction of sp³-hybridized carbons (Fsp3) is 0.143. The Morgan fingerprint density at radius 1 is 1.06 bits per heavy atom. The number of esters is 2. The Morgan fingerprint density at radius 3 is 2.47 bits per heavy atom. The van der Waals surface area contributed by atoms with Crippen molar-refractivity contribution >= 4 is 22.7 Å². The SMILES string of the molecule is CCc1cc2c(c3ccccc13)C(=O)OC2=O. The highest BCUT2D eigenvalue weighted by Gasteiger charge is 2.32. The molecular formula is C14H10O3. The van der Waals surface area contributed by atoms with Gasteiger partial charge in [-0.05, 0) is 28.8 Å². The van der Waals surface area contributed by atoms with E-state index in [9.17, 15) is 9.59 Å². The molecule has 1 heterocycles. The molecule has 0 N–H and O–H groups in total. The van der Waals surface area contributed by atoms with E-state index in [4.69, 9.17) is 0 Å². The van der Waals surface area contributed by atoms with E-state index < -0.39 is 11.9 Å². The van der Waals surface area contributed by atoms with Crippen molar-refractivity contribution in [2.45, 2.75) is 13.3 Å². The monoisotopic (exact) mass is 226 g/mol. The number of aryl methyl sites for hydroxylation is 1. The van der Waals surface area contributed by atoms with Crippen LogP contribution in [-0.2, 0) is 11.2 Å². The molecule has 17 heavy (non-hydrogen) atoms. The van der Waals surface area contributed by atoms with Crippen LogP contribution < -0.4 is 0 Å². The van der Waals surface area contributed by atoms with E-state index in [0.29, 0.717) is 11.1 Å². The van der Waals surface area contributed by atoms with Crippen LogP contribution in [0, 0.1) is 0 Å². The molecule has 3 heteroatoms. The smallest absolute Gasteiger partial charge is 0.347 e. The van der Waals surface area contributed by atoms with Gasteiger partial charge in [0, 0.05) is 0 Å². The van der Waals surface area contributed by atoms with Gasteiger partial charge in [0.2, 0.25) is 0 Å². The summed E-state index contributed by atoms with van der Waals surface area (Å²) in [5, 5.41) is 1.82. The van der Waals surface area contributed by atoms with Gasteiger partial charge in [-0.25, -0.2) is 9.59 Å². The van der Waals surface area contributed by atoms with Gasteiger partial charge in [-0.15, -0.1) is 0 Å². The van der Waals surface area contributed by atoms with Gasteiger partial charge in [0.05, 0.1) is 11.1 Å². The largest absolute Gasteiger partial charge is 0.386 e. The quantitative estimate of drug-likeness (QED) is 0.554. The Balaban J connectivity index is 2.49. The Kier molecular flexibility index (Phi) is 2.01. The first-order valence-electron chi connectivity index (χ1n) is 5.53. The molecule has 0 atom stereocenters. The minimum Gasteiger partial charge on any atom is -0.386 e. The third-order valence-corrected chi connectivity index (χ3v) is 3.12. The Labute approximate surface area is 98.0 Å². The molecule has 0 aromatic heterocycles. The summed E-state index contributed by atoms with van der Waals surface area (Å²) in [5.41, 5.74) is 1.86. The molecule has 0 radical (unpaired) electrons. The van der Waals surface area contributed by atoms with Gasteiger partial charge in [-0.3, -0.25) is 0 Å². The van der Waals surface area contributed by atoms with Crippen molar-refractivity contribution in [2.24, 2.45) is 0 Å². The van der Waals surface area contributed by atoms with Crippen LogP contribution in [0.15, 0.2) is 30.3 Å². The predicted octanol–water partition coefficient (Wildman–Crippen LogP) is 2.71. The lowest BCUT2D eigenvalue weighted by molar-refractivity contribution is 0.0444. The van der Waals surface area contributed by atoms with Crippen LogP contribution in [0.3, 0.4) is 0 Å². The molecular weight excluding hydrogens is 216 g/mol. The number of cyclic esters (lactones) is 2. The number of rotatable bonds is 1. The van der Waals surface area contributed by atoms with Crippen molar-refractivity contribution in [3.05, 3.63) is 47.0 Å². The molecule has 2 aromatic rings. The summed E-state index contributed by atoms with van der Waals surface area (Å²) in [6.07, 6.45) is 0.815. The molecule has 3 rings (SSSR count). The van der Waals surface area contributed by atoms with Crippen LogP contribution in [0.5, 0.6) is 0 Å². The standard InChI is InChI=1S/C14H10O3/c1-2-8-7-11-12(14(16)17-13(11)15)10-6-4-3-5-9(8)10/h3-7H,2H2,1H3. The van der Waals surface area contributed by atoms with Gasteiger partial charge in [0.1, 0.15) is 0 Å². The Bertz CT molecular complexity index is 656. The van der Waals surface area contributed by atoms with Crippen LogP contribution >= 0.6 is 0 Å². The van der Waals surface area contributed by atoms with Crippen LogP contribution in [-0.4, -0.2) is 11.9 Å². The Hall–Kier alpha value is -2.16. The zero-order valence-electron chi connectivity index (χ0n) is 9.32. The second-order valence-electron chi connectivity index (χ2n) is 4.03. The molecule has 0 fully saturated rings. The summed E-state index contributed by atoms with van der Waals surface area (Å²) in [6, 6.07) is 9.37. The summed E-state index contributed by atoms with van der Waals surface area (Å²) < 4.78 is 4.66. The summed E-state index contributed by atoms with van der Waals surface area (Å²) in [6.45, 7) is 2.02. The number of carbonyl (C=O) groups excluding carboxylic acids is 2. The van der Waals surface area contributed by atoms with Gasteiger partial charge in [-0.1, -0.05) is 31.2 Å². The molecule has 0 unspecified atom stereocenters. The summed E-state index contributed by atoms with van der Waals surface area (Å²) in [7, 11) is 0. The van der Waals surface area contributed by atoms with E-state index in [0.717, 1.165) is 22.8 Å². The number of carbonyl (C=O) groups is 2. The summed E-state index contributed by atoms with van der Waals surface area (Å²) >= 11 is 0. The second kappa shape index (κ2) is 3.42. The number of fused-ring (bicyclic) bond motifs is 3. The lowest BCUT2D eigenvalue weighted by Gasteiger charge is -2.06. The number of ether oxygens (including phenoxy) is 1. The normalized spacial score (nSPS) is 13.9. The zero-order chi connectivity index (χ0) is 12.0. The van der Waals surface area contributed by atoms with E-state index >= 15 is 0 Å². The van der Waals surface area contributed by atoms with E-state index in [1.54, 1.807) is 6.07 Å². The fourth-order valence-electron chi connectivity index (χ4n) is 2.31. The molecule has 0 saturated heterocycles. The maximum atomic E-state index is 11.6. The van der Waals surface area contributed by atoms with Crippen molar-refractivity contribution in [3.63, 3.8) is 0 Å². The van der Waals surface area contributed by atoms with Gasteiger partial charge in [0.15, 0.2) is 0 Å². The second-order valence-corrected chi connectivity index (χ2v) is 4.03. The average molecular weight is 226 g/mol. The van der Waals surface area contributed by atoms with Gasteiger partial charge < -0.3 is 4.74 Å². The van der Waals surface area contributed by atoms with Crippen molar-refractivity contribution < 1.29 is 14.3 Å². The highest BCUT2D eigenvalue weighted by atomic mass is 16.6. The van der Waals surface area contributed by atoms with Crippen molar-refractivity contribution in [2.75, 3.05) is 0 Å². The molecule has 1 aliphatic heterocycles. The molecule has 0 bridgehead atoms. The van der Waals surface area contributed by atoms with Gasteiger partial charge >= 0.3 is 11.9 Å². The van der Waals surface area contributed by atoms with E-state index in [2.05, 4.69) is 4.74 Å².